The van der Waals surface area contributed by atoms with Crippen molar-refractivity contribution >= 4 is 23.3 Å². The first-order chi connectivity index (χ1) is 15.4. The van der Waals surface area contributed by atoms with Gasteiger partial charge in [0.2, 0.25) is 5.60 Å². The lowest BCUT2D eigenvalue weighted by atomic mass is 9.90. The summed E-state index contributed by atoms with van der Waals surface area (Å²) in [6, 6.07) is 5.84. The Kier molecular flexibility index (Phi) is 6.47. The number of rotatable bonds is 3. The molecule has 0 aliphatic carbocycles. The van der Waals surface area contributed by atoms with Crippen LogP contribution in [-0.2, 0) is 21.4 Å². The summed E-state index contributed by atoms with van der Waals surface area (Å²) in [5.41, 5.74) is -3.31. The summed E-state index contributed by atoms with van der Waals surface area (Å²) in [6.07, 6.45) is -9.42. The summed E-state index contributed by atoms with van der Waals surface area (Å²) in [4.78, 5) is 17.2. The molecule has 0 saturated carbocycles. The van der Waals surface area contributed by atoms with Gasteiger partial charge in [0.15, 0.2) is 0 Å². The quantitative estimate of drug-likeness (QED) is 0.360. The van der Waals surface area contributed by atoms with Gasteiger partial charge in [-0.05, 0) is 75.2 Å². The molecule has 0 aromatic heterocycles. The average Bonchev–Trinajstić information content (AvgIpc) is 3.12. The van der Waals surface area contributed by atoms with Gasteiger partial charge in [0, 0.05) is 10.6 Å². The monoisotopic (exact) mass is 507 g/mol. The van der Waals surface area contributed by atoms with E-state index in [0.717, 1.165) is 6.07 Å². The molecule has 1 aliphatic heterocycles. The zero-order chi connectivity index (χ0) is 25.7. The third-order valence-corrected chi connectivity index (χ3v) is 5.12. The number of hydroxylamine groups is 1. The molecule has 0 fully saturated rings. The zero-order valence-corrected chi connectivity index (χ0v) is 19.2. The van der Waals surface area contributed by atoms with E-state index in [1.165, 1.54) is 18.2 Å². The fourth-order valence-electron chi connectivity index (χ4n) is 3.35. The molecule has 34 heavy (non-hydrogen) atoms. The normalized spacial score (nSPS) is 19.0. The summed E-state index contributed by atoms with van der Waals surface area (Å²) in [5, 5.41) is -0.531. The first-order valence-corrected chi connectivity index (χ1v) is 10.3. The molecule has 0 radical (unpaired) electrons. The molecule has 1 atom stereocenters. The van der Waals surface area contributed by atoms with Gasteiger partial charge in [0.1, 0.15) is 5.60 Å². The Hall–Kier alpha value is -2.72. The van der Waals surface area contributed by atoms with Crippen LogP contribution in [0.5, 0.6) is 0 Å². The Morgan fingerprint density at radius 2 is 1.68 bits per heavy atom. The number of esters is 1. The van der Waals surface area contributed by atoms with Crippen molar-refractivity contribution in [3.63, 3.8) is 0 Å². The number of benzene rings is 2. The van der Waals surface area contributed by atoms with Crippen LogP contribution in [-0.4, -0.2) is 17.7 Å². The number of hydrogen-bond acceptors (Lipinski definition) is 4. The van der Waals surface area contributed by atoms with Crippen LogP contribution >= 0.6 is 11.6 Å². The van der Waals surface area contributed by atoms with E-state index in [0.29, 0.717) is 23.8 Å². The number of carbonyl (C=O) groups excluding carboxylic acids is 1. The molecule has 11 heteroatoms. The highest BCUT2D eigenvalue weighted by Gasteiger charge is 2.60. The van der Waals surface area contributed by atoms with Crippen LogP contribution in [0.4, 0.5) is 26.3 Å². The molecule has 2 aromatic rings. The van der Waals surface area contributed by atoms with Gasteiger partial charge >= 0.3 is 18.3 Å². The lowest BCUT2D eigenvalue weighted by Gasteiger charge is -2.29. The molecule has 1 heterocycles. The van der Waals surface area contributed by atoms with Crippen LogP contribution in [0.15, 0.2) is 42.5 Å². The maximum atomic E-state index is 14.2. The molecular formula is C23H20ClF6NO3. The highest BCUT2D eigenvalue weighted by Crippen LogP contribution is 2.49. The van der Waals surface area contributed by atoms with E-state index in [2.05, 4.69) is 5.48 Å². The van der Waals surface area contributed by atoms with Gasteiger partial charge < -0.3 is 4.74 Å². The van der Waals surface area contributed by atoms with Crippen molar-refractivity contribution in [1.29, 1.82) is 0 Å². The molecule has 0 spiro atoms. The van der Waals surface area contributed by atoms with E-state index in [9.17, 15) is 31.1 Å². The minimum absolute atomic E-state index is 0.148. The molecule has 0 bridgehead atoms. The first-order valence-electron chi connectivity index (χ1n) is 9.89. The molecule has 2 aromatic carbocycles. The third kappa shape index (κ3) is 5.17. The van der Waals surface area contributed by atoms with Gasteiger partial charge in [0.25, 0.3) is 0 Å². The summed E-state index contributed by atoms with van der Waals surface area (Å²) >= 11 is 5.71. The zero-order valence-electron chi connectivity index (χ0n) is 18.4. The van der Waals surface area contributed by atoms with Crippen molar-refractivity contribution in [2.45, 2.75) is 51.2 Å². The van der Waals surface area contributed by atoms with Gasteiger partial charge in [-0.1, -0.05) is 17.7 Å². The fraction of sp³-hybridized carbons (Fsp3) is 0.348. The number of aryl methyl sites for hydroxylation is 1. The summed E-state index contributed by atoms with van der Waals surface area (Å²) in [6.45, 7) is 6.64. The maximum Gasteiger partial charge on any atom is 0.428 e. The van der Waals surface area contributed by atoms with Crippen LogP contribution in [0, 0.1) is 6.92 Å². The number of alkyl halides is 6. The Balaban J connectivity index is 2.07. The van der Waals surface area contributed by atoms with E-state index >= 15 is 0 Å². The molecule has 4 nitrogen and oxygen atoms in total. The molecule has 3 rings (SSSR count). The summed E-state index contributed by atoms with van der Waals surface area (Å²) in [7, 11) is 0. The number of carbonyl (C=O) groups is 1. The molecular weight excluding hydrogens is 488 g/mol. The molecule has 0 saturated heterocycles. The topological polar surface area (TPSA) is 47.6 Å². The van der Waals surface area contributed by atoms with E-state index in [1.54, 1.807) is 27.7 Å². The largest absolute Gasteiger partial charge is 0.456 e. The number of halogens is 7. The highest BCUT2D eigenvalue weighted by molar-refractivity contribution is 6.30. The van der Waals surface area contributed by atoms with Crippen LogP contribution in [0.25, 0.3) is 5.70 Å². The summed E-state index contributed by atoms with van der Waals surface area (Å²) in [5.74, 6) is -0.607. The lowest BCUT2D eigenvalue weighted by Crippen LogP contribution is -2.42. The number of nitrogens with one attached hydrogen (secondary N) is 1. The van der Waals surface area contributed by atoms with Crippen molar-refractivity contribution in [2.75, 3.05) is 0 Å². The Morgan fingerprint density at radius 3 is 2.21 bits per heavy atom. The molecule has 1 aliphatic rings. The van der Waals surface area contributed by atoms with Crippen molar-refractivity contribution in [2.24, 2.45) is 0 Å². The number of hydrogen-bond donors (Lipinski definition) is 1. The van der Waals surface area contributed by atoms with Crippen molar-refractivity contribution in [3.05, 3.63) is 75.3 Å². The van der Waals surface area contributed by atoms with E-state index in [-0.39, 0.29) is 16.8 Å². The van der Waals surface area contributed by atoms with Gasteiger partial charge in [-0.15, -0.1) is 0 Å². The Morgan fingerprint density at radius 1 is 1.03 bits per heavy atom. The third-order valence-electron chi connectivity index (χ3n) is 4.90. The van der Waals surface area contributed by atoms with E-state index in [4.69, 9.17) is 21.2 Å². The minimum atomic E-state index is -5.14. The van der Waals surface area contributed by atoms with Crippen molar-refractivity contribution in [1.82, 2.24) is 5.48 Å². The average molecular weight is 508 g/mol. The van der Waals surface area contributed by atoms with Crippen LogP contribution in [0.2, 0.25) is 5.02 Å². The van der Waals surface area contributed by atoms with Crippen LogP contribution < -0.4 is 5.48 Å². The molecule has 184 valence electrons. The van der Waals surface area contributed by atoms with Crippen molar-refractivity contribution in [3.8, 4) is 0 Å². The fourth-order valence-corrected chi connectivity index (χ4v) is 3.58. The Bertz CT molecular complexity index is 1150. The first kappa shape index (κ1) is 25.9. The van der Waals surface area contributed by atoms with E-state index in [1.807, 2.05) is 0 Å². The molecule has 0 amide bonds. The highest BCUT2D eigenvalue weighted by atomic mass is 35.5. The standard InChI is InChI=1S/C23H20ClF6NO3/c1-12-7-13(5-6-17(12)19(32)33-20(2,3)4)18-11-21(34-31-18,23(28,29)30)14-8-15(22(25,26)27)10-16(24)9-14/h5-11,31H,1-4H3. The predicted octanol–water partition coefficient (Wildman–Crippen LogP) is 6.96. The lowest BCUT2D eigenvalue weighted by molar-refractivity contribution is -0.269. The SMILES string of the molecule is Cc1cc(C2=CC(c3cc(Cl)cc(C(F)(F)F)c3)(C(F)(F)F)ON2)ccc1C(=O)OC(C)(C)C. The molecule has 1 unspecified atom stereocenters. The second-order valence-electron chi connectivity index (χ2n) is 8.75. The van der Waals surface area contributed by atoms with Crippen molar-refractivity contribution < 1.29 is 40.7 Å². The van der Waals surface area contributed by atoms with E-state index < -0.39 is 45.7 Å². The number of ether oxygens (including phenoxy) is 1. The van der Waals surface area contributed by atoms with Crippen LogP contribution in [0.1, 0.15) is 53.4 Å². The van der Waals surface area contributed by atoms with Crippen LogP contribution in [0.3, 0.4) is 0 Å². The second kappa shape index (κ2) is 8.49. The van der Waals surface area contributed by atoms with Gasteiger partial charge in [-0.2, -0.15) is 26.3 Å². The minimum Gasteiger partial charge on any atom is -0.456 e. The maximum absolute atomic E-state index is 14.2. The smallest absolute Gasteiger partial charge is 0.428 e. The molecule has 1 N–H and O–H groups in total. The van der Waals surface area contributed by atoms with Gasteiger partial charge in [0.05, 0.1) is 16.8 Å². The predicted molar refractivity (Wildman–Crippen MR) is 113 cm³/mol. The Labute approximate surface area is 196 Å². The summed E-state index contributed by atoms with van der Waals surface area (Å²) < 4.78 is 87.4. The second-order valence-corrected chi connectivity index (χ2v) is 9.19. The van der Waals surface area contributed by atoms with Gasteiger partial charge in [-0.25, -0.2) is 4.79 Å². The van der Waals surface area contributed by atoms with Gasteiger partial charge in [-0.3, -0.25) is 10.3 Å².